The van der Waals surface area contributed by atoms with Crippen LogP contribution in [0.2, 0.25) is 0 Å². The lowest BCUT2D eigenvalue weighted by atomic mass is 10.2. The summed E-state index contributed by atoms with van der Waals surface area (Å²) in [5.41, 5.74) is 1.97. The molecule has 3 aromatic heterocycles. The molecule has 1 N–H and O–H groups in total. The van der Waals surface area contributed by atoms with E-state index in [1.165, 1.54) is 29.4 Å². The molecule has 138 valence electrons. The summed E-state index contributed by atoms with van der Waals surface area (Å²) in [7, 11) is 0. The molecule has 0 fully saturated rings. The van der Waals surface area contributed by atoms with Crippen molar-refractivity contribution in [2.75, 3.05) is 0 Å². The summed E-state index contributed by atoms with van der Waals surface area (Å²) in [5.74, 6) is -0.717. The Morgan fingerprint density at radius 1 is 1.30 bits per heavy atom. The van der Waals surface area contributed by atoms with Gasteiger partial charge in [0.05, 0.1) is 11.8 Å². The van der Waals surface area contributed by atoms with Crippen molar-refractivity contribution in [3.63, 3.8) is 0 Å². The Bertz CT molecular complexity index is 1190. The van der Waals surface area contributed by atoms with Gasteiger partial charge in [0.15, 0.2) is 5.58 Å². The van der Waals surface area contributed by atoms with E-state index in [0.717, 1.165) is 5.52 Å². The molecule has 0 spiro atoms. The van der Waals surface area contributed by atoms with E-state index in [4.69, 9.17) is 4.42 Å². The van der Waals surface area contributed by atoms with Crippen LogP contribution >= 0.6 is 0 Å². The number of carbonyl (C=O) groups excluding carboxylic acids is 1. The molecule has 0 bridgehead atoms. The fourth-order valence-electron chi connectivity index (χ4n) is 3.16. The van der Waals surface area contributed by atoms with Gasteiger partial charge in [0, 0.05) is 18.7 Å². The molecular formula is C19H17FN4O3. The molecule has 4 rings (SSSR count). The fourth-order valence-corrected chi connectivity index (χ4v) is 3.16. The van der Waals surface area contributed by atoms with Crippen molar-refractivity contribution in [3.05, 3.63) is 70.7 Å². The Kier molecular flexibility index (Phi) is 4.23. The monoisotopic (exact) mass is 368 g/mol. The van der Waals surface area contributed by atoms with Gasteiger partial charge in [-0.05, 0) is 24.1 Å². The first-order valence-corrected chi connectivity index (χ1v) is 8.56. The highest BCUT2D eigenvalue weighted by Crippen LogP contribution is 2.19. The van der Waals surface area contributed by atoms with Crippen LogP contribution < -0.4 is 10.9 Å². The van der Waals surface area contributed by atoms with Gasteiger partial charge >= 0.3 is 0 Å². The minimum Gasteiger partial charge on any atom is -0.463 e. The van der Waals surface area contributed by atoms with Crippen molar-refractivity contribution >= 4 is 22.5 Å². The van der Waals surface area contributed by atoms with Gasteiger partial charge in [-0.3, -0.25) is 14.0 Å². The maximum atomic E-state index is 13.3. The first kappa shape index (κ1) is 17.0. The van der Waals surface area contributed by atoms with E-state index in [1.807, 2.05) is 0 Å². The predicted octanol–water partition coefficient (Wildman–Crippen LogP) is 2.65. The molecule has 1 aromatic carbocycles. The van der Waals surface area contributed by atoms with E-state index in [-0.39, 0.29) is 23.8 Å². The topological polar surface area (TPSA) is 81.5 Å². The molecule has 0 radical (unpaired) electrons. The van der Waals surface area contributed by atoms with Crippen molar-refractivity contribution in [3.8, 4) is 0 Å². The summed E-state index contributed by atoms with van der Waals surface area (Å²) in [6.07, 6.45) is 3.42. The summed E-state index contributed by atoms with van der Waals surface area (Å²) in [5, 5.41) is 6.92. The molecule has 0 saturated heterocycles. The molecule has 1 atom stereocenters. The Morgan fingerprint density at radius 2 is 2.15 bits per heavy atom. The molecule has 27 heavy (non-hydrogen) atoms. The third kappa shape index (κ3) is 2.99. The zero-order valence-corrected chi connectivity index (χ0v) is 14.6. The number of fused-ring (bicyclic) bond motifs is 3. The van der Waals surface area contributed by atoms with Crippen LogP contribution in [0.4, 0.5) is 4.39 Å². The number of amides is 1. The van der Waals surface area contributed by atoms with E-state index in [1.54, 1.807) is 35.6 Å². The highest BCUT2D eigenvalue weighted by molar-refractivity contribution is 5.82. The van der Waals surface area contributed by atoms with Crippen LogP contribution in [-0.2, 0) is 11.3 Å². The molecule has 1 amide bonds. The van der Waals surface area contributed by atoms with E-state index in [2.05, 4.69) is 10.4 Å². The number of nitrogens with zero attached hydrogens (tertiary/aromatic N) is 3. The van der Waals surface area contributed by atoms with E-state index in [0.29, 0.717) is 23.1 Å². The number of rotatable bonds is 5. The van der Waals surface area contributed by atoms with Crippen molar-refractivity contribution in [1.82, 2.24) is 19.5 Å². The molecule has 0 saturated carbocycles. The number of furan rings is 1. The van der Waals surface area contributed by atoms with Gasteiger partial charge in [0.2, 0.25) is 5.91 Å². The van der Waals surface area contributed by atoms with Gasteiger partial charge in [-0.15, -0.1) is 0 Å². The van der Waals surface area contributed by atoms with Crippen LogP contribution in [0.25, 0.3) is 16.6 Å². The number of nitrogens with one attached hydrogen (secondary N) is 1. The summed E-state index contributed by atoms with van der Waals surface area (Å²) in [6.45, 7) is 1.97. The van der Waals surface area contributed by atoms with Gasteiger partial charge in [0.1, 0.15) is 23.7 Å². The Hall–Kier alpha value is -3.42. The minimum atomic E-state index is -0.766. The SMILES string of the molecule is CC[C@@H](C(=O)NCc1cccc(F)c1)n1ncn2c(cc3occc32)c1=O. The Morgan fingerprint density at radius 3 is 2.93 bits per heavy atom. The van der Waals surface area contributed by atoms with Crippen LogP contribution in [0, 0.1) is 5.82 Å². The summed E-state index contributed by atoms with van der Waals surface area (Å²) >= 11 is 0. The summed E-state index contributed by atoms with van der Waals surface area (Å²) in [6, 6.07) is 8.61. The van der Waals surface area contributed by atoms with Gasteiger partial charge in [0.25, 0.3) is 5.56 Å². The molecule has 8 heteroatoms. The second-order valence-corrected chi connectivity index (χ2v) is 6.22. The van der Waals surface area contributed by atoms with Crippen LogP contribution in [-0.4, -0.2) is 20.1 Å². The summed E-state index contributed by atoms with van der Waals surface area (Å²) < 4.78 is 21.4. The Balaban J connectivity index is 1.62. The predicted molar refractivity (Wildman–Crippen MR) is 96.8 cm³/mol. The van der Waals surface area contributed by atoms with Crippen molar-refractivity contribution < 1.29 is 13.6 Å². The highest BCUT2D eigenvalue weighted by atomic mass is 19.1. The maximum absolute atomic E-state index is 13.3. The lowest BCUT2D eigenvalue weighted by Gasteiger charge is -2.17. The van der Waals surface area contributed by atoms with Crippen LogP contribution in [0.1, 0.15) is 24.9 Å². The number of benzene rings is 1. The third-order valence-electron chi connectivity index (χ3n) is 4.52. The average Bonchev–Trinajstić information content (AvgIpc) is 3.24. The molecule has 3 heterocycles. The second kappa shape index (κ2) is 6.71. The highest BCUT2D eigenvalue weighted by Gasteiger charge is 2.22. The number of carbonyl (C=O) groups is 1. The zero-order valence-electron chi connectivity index (χ0n) is 14.6. The summed E-state index contributed by atoms with van der Waals surface area (Å²) in [4.78, 5) is 25.4. The van der Waals surface area contributed by atoms with Crippen molar-refractivity contribution in [2.45, 2.75) is 25.9 Å². The number of hydrogen-bond acceptors (Lipinski definition) is 4. The molecule has 0 aliphatic heterocycles. The van der Waals surface area contributed by atoms with E-state index >= 15 is 0 Å². The van der Waals surface area contributed by atoms with Gasteiger partial charge in [-0.25, -0.2) is 9.07 Å². The van der Waals surface area contributed by atoms with Gasteiger partial charge in [-0.1, -0.05) is 19.1 Å². The van der Waals surface area contributed by atoms with Gasteiger partial charge < -0.3 is 9.73 Å². The molecule has 4 aromatic rings. The van der Waals surface area contributed by atoms with Crippen molar-refractivity contribution in [1.29, 1.82) is 0 Å². The minimum absolute atomic E-state index is 0.169. The van der Waals surface area contributed by atoms with Crippen LogP contribution in [0.5, 0.6) is 0 Å². The number of halogens is 1. The normalized spacial score (nSPS) is 12.5. The maximum Gasteiger partial charge on any atom is 0.291 e. The fraction of sp³-hybridized carbons (Fsp3) is 0.211. The van der Waals surface area contributed by atoms with E-state index in [9.17, 15) is 14.0 Å². The molecular weight excluding hydrogens is 351 g/mol. The lowest BCUT2D eigenvalue weighted by Crippen LogP contribution is -2.38. The molecule has 0 aliphatic carbocycles. The third-order valence-corrected chi connectivity index (χ3v) is 4.52. The standard InChI is InChI=1S/C19H17FN4O3/c1-2-14(18(25)21-10-12-4-3-5-13(20)8-12)24-19(26)16-9-17-15(6-7-27-17)23(16)11-22-24/h3-9,11,14H,2,10H2,1H3,(H,21,25)/t14-/m0/s1. The van der Waals surface area contributed by atoms with Crippen LogP contribution in [0.15, 0.2) is 58.2 Å². The largest absolute Gasteiger partial charge is 0.463 e. The first-order chi connectivity index (χ1) is 13.1. The quantitative estimate of drug-likeness (QED) is 0.587. The molecule has 0 unspecified atom stereocenters. The van der Waals surface area contributed by atoms with Crippen molar-refractivity contribution in [2.24, 2.45) is 0 Å². The number of hydrogen-bond donors (Lipinski definition) is 1. The smallest absolute Gasteiger partial charge is 0.291 e. The first-order valence-electron chi connectivity index (χ1n) is 8.56. The second-order valence-electron chi connectivity index (χ2n) is 6.22. The molecule has 7 nitrogen and oxygen atoms in total. The molecule has 0 aliphatic rings. The van der Waals surface area contributed by atoms with Gasteiger partial charge in [-0.2, -0.15) is 5.10 Å². The van der Waals surface area contributed by atoms with Crippen LogP contribution in [0.3, 0.4) is 0 Å². The Labute approximate surface area is 153 Å². The number of aromatic nitrogens is 3. The van der Waals surface area contributed by atoms with E-state index < -0.39 is 6.04 Å². The average molecular weight is 368 g/mol. The lowest BCUT2D eigenvalue weighted by molar-refractivity contribution is -0.125. The zero-order chi connectivity index (χ0) is 19.0.